The molecule has 0 aliphatic rings. The van der Waals surface area contributed by atoms with Crippen molar-refractivity contribution in [2.24, 2.45) is 0 Å². The van der Waals surface area contributed by atoms with Crippen LogP contribution in [0, 0.1) is 6.07 Å². The monoisotopic (exact) mass is 227 g/mol. The van der Waals surface area contributed by atoms with Gasteiger partial charge in [0, 0.05) is 0 Å². The molecule has 0 fully saturated rings. The third kappa shape index (κ3) is 1.92. The van der Waals surface area contributed by atoms with Crippen LogP contribution in [-0.2, 0) is 10.4 Å². The standard InChI is InChI=1S/C14H11O3/c15-13(16)14(17,11-7-3-1-4-8-11)12-9-5-2-6-10-12/h1,3-10,17H,(H,15,16). The fourth-order valence-electron chi connectivity index (χ4n) is 1.72. The first kappa shape index (κ1) is 11.4. The number of carboxylic acid groups (broad SMARTS) is 1. The second-order valence-electron chi connectivity index (χ2n) is 3.67. The van der Waals surface area contributed by atoms with Crippen LogP contribution in [0.15, 0.2) is 54.6 Å². The molecule has 0 bridgehead atoms. The van der Waals surface area contributed by atoms with Gasteiger partial charge in [-0.25, -0.2) is 4.79 Å². The molecule has 17 heavy (non-hydrogen) atoms. The largest absolute Gasteiger partial charge is 0.479 e. The van der Waals surface area contributed by atoms with Gasteiger partial charge in [-0.2, -0.15) is 0 Å². The van der Waals surface area contributed by atoms with Crippen LogP contribution in [0.25, 0.3) is 0 Å². The van der Waals surface area contributed by atoms with Crippen molar-refractivity contribution in [2.45, 2.75) is 5.60 Å². The Morgan fingerprint density at radius 2 is 1.53 bits per heavy atom. The first-order valence-electron chi connectivity index (χ1n) is 5.13. The van der Waals surface area contributed by atoms with Crippen LogP contribution < -0.4 is 0 Å². The lowest BCUT2D eigenvalue weighted by Crippen LogP contribution is -2.36. The van der Waals surface area contributed by atoms with Crippen LogP contribution in [0.5, 0.6) is 0 Å². The van der Waals surface area contributed by atoms with E-state index in [2.05, 4.69) is 6.07 Å². The maximum atomic E-state index is 11.4. The van der Waals surface area contributed by atoms with Gasteiger partial charge in [0.25, 0.3) is 0 Å². The highest BCUT2D eigenvalue weighted by Gasteiger charge is 2.39. The van der Waals surface area contributed by atoms with Crippen molar-refractivity contribution in [3.63, 3.8) is 0 Å². The summed E-state index contributed by atoms with van der Waals surface area (Å²) in [5, 5.41) is 19.7. The Kier molecular flexibility index (Phi) is 2.93. The fraction of sp³-hybridized carbons (Fsp3) is 0.0714. The molecule has 2 aromatic carbocycles. The highest BCUT2D eigenvalue weighted by molar-refractivity contribution is 5.83. The van der Waals surface area contributed by atoms with Crippen molar-refractivity contribution in [1.82, 2.24) is 0 Å². The number of hydrogen-bond acceptors (Lipinski definition) is 2. The number of carboxylic acids is 1. The number of benzene rings is 2. The summed E-state index contributed by atoms with van der Waals surface area (Å²) < 4.78 is 0. The number of carbonyl (C=O) groups is 1. The van der Waals surface area contributed by atoms with E-state index in [-0.39, 0.29) is 0 Å². The summed E-state index contributed by atoms with van der Waals surface area (Å²) in [5.74, 6) is -1.30. The molecule has 0 aliphatic carbocycles. The molecule has 85 valence electrons. The van der Waals surface area contributed by atoms with Gasteiger partial charge in [-0.3, -0.25) is 0 Å². The number of aliphatic carboxylic acids is 1. The average molecular weight is 227 g/mol. The smallest absolute Gasteiger partial charge is 0.345 e. The molecule has 0 heterocycles. The van der Waals surface area contributed by atoms with Gasteiger partial charge in [-0.1, -0.05) is 54.6 Å². The van der Waals surface area contributed by atoms with Crippen molar-refractivity contribution >= 4 is 5.97 Å². The summed E-state index contributed by atoms with van der Waals surface area (Å²) in [6.07, 6.45) is 0. The van der Waals surface area contributed by atoms with E-state index in [0.717, 1.165) is 0 Å². The summed E-state index contributed by atoms with van der Waals surface area (Å²) >= 11 is 0. The lowest BCUT2D eigenvalue weighted by Gasteiger charge is -2.24. The Labute approximate surface area is 99.0 Å². The summed E-state index contributed by atoms with van der Waals surface area (Å²) in [6.45, 7) is 0. The van der Waals surface area contributed by atoms with Gasteiger partial charge in [-0.05, 0) is 17.2 Å². The Morgan fingerprint density at radius 1 is 1.00 bits per heavy atom. The minimum Gasteiger partial charge on any atom is -0.479 e. The molecule has 0 aliphatic heterocycles. The van der Waals surface area contributed by atoms with E-state index >= 15 is 0 Å². The van der Waals surface area contributed by atoms with Crippen molar-refractivity contribution in [2.75, 3.05) is 0 Å². The Hall–Kier alpha value is -2.13. The average Bonchev–Trinajstić information content (AvgIpc) is 2.39. The molecule has 1 unspecified atom stereocenters. The summed E-state index contributed by atoms with van der Waals surface area (Å²) in [4.78, 5) is 11.4. The summed E-state index contributed by atoms with van der Waals surface area (Å²) in [5.41, 5.74) is -1.37. The van der Waals surface area contributed by atoms with Crippen molar-refractivity contribution in [3.8, 4) is 0 Å². The number of rotatable bonds is 3. The molecule has 0 spiro atoms. The van der Waals surface area contributed by atoms with Crippen LogP contribution >= 0.6 is 0 Å². The topological polar surface area (TPSA) is 57.5 Å². The SMILES string of the molecule is O=C(O)C(O)(c1cc[c]cc1)c1ccccc1. The first-order valence-corrected chi connectivity index (χ1v) is 5.13. The maximum Gasteiger partial charge on any atom is 0.345 e. The van der Waals surface area contributed by atoms with E-state index in [4.69, 9.17) is 0 Å². The molecule has 2 rings (SSSR count). The van der Waals surface area contributed by atoms with Gasteiger partial charge in [-0.15, -0.1) is 0 Å². The molecule has 2 N–H and O–H groups in total. The van der Waals surface area contributed by atoms with Crippen LogP contribution in [0.3, 0.4) is 0 Å². The molecule has 3 heteroatoms. The Balaban J connectivity index is 2.59. The van der Waals surface area contributed by atoms with E-state index < -0.39 is 11.6 Å². The number of aliphatic hydroxyl groups is 1. The van der Waals surface area contributed by atoms with E-state index in [9.17, 15) is 15.0 Å². The quantitative estimate of drug-likeness (QED) is 0.840. The molecule has 0 saturated heterocycles. The summed E-state index contributed by atoms with van der Waals surface area (Å²) in [6, 6.07) is 17.4. The zero-order valence-corrected chi connectivity index (χ0v) is 9.00. The van der Waals surface area contributed by atoms with Gasteiger partial charge in [0.05, 0.1) is 0 Å². The van der Waals surface area contributed by atoms with Crippen molar-refractivity contribution in [3.05, 3.63) is 71.8 Å². The molecule has 3 nitrogen and oxygen atoms in total. The van der Waals surface area contributed by atoms with Gasteiger partial charge >= 0.3 is 5.97 Å². The Bertz CT molecular complexity index is 466. The lowest BCUT2D eigenvalue weighted by atomic mass is 9.86. The van der Waals surface area contributed by atoms with E-state index in [1.54, 1.807) is 54.6 Å². The molecule has 0 saturated carbocycles. The van der Waals surface area contributed by atoms with Crippen LogP contribution in [0.4, 0.5) is 0 Å². The lowest BCUT2D eigenvalue weighted by molar-refractivity contribution is -0.155. The van der Waals surface area contributed by atoms with E-state index in [1.807, 2.05) is 0 Å². The van der Waals surface area contributed by atoms with Gasteiger partial charge < -0.3 is 10.2 Å². The van der Waals surface area contributed by atoms with Crippen molar-refractivity contribution in [1.29, 1.82) is 0 Å². The molecule has 2 aromatic rings. The minimum absolute atomic E-state index is 0.315. The van der Waals surface area contributed by atoms with Gasteiger partial charge in [0.2, 0.25) is 5.60 Å². The molecule has 1 radical (unpaired) electrons. The van der Waals surface area contributed by atoms with E-state index in [1.165, 1.54) is 0 Å². The minimum atomic E-state index is -2.02. The van der Waals surface area contributed by atoms with Gasteiger partial charge in [0.1, 0.15) is 0 Å². The molecule has 1 atom stereocenters. The molecular formula is C14H11O3. The predicted molar refractivity (Wildman–Crippen MR) is 62.4 cm³/mol. The predicted octanol–water partition coefficient (Wildman–Crippen LogP) is 1.81. The second-order valence-corrected chi connectivity index (χ2v) is 3.67. The van der Waals surface area contributed by atoms with Crippen LogP contribution in [-0.4, -0.2) is 16.2 Å². The molecular weight excluding hydrogens is 216 g/mol. The normalized spacial score (nSPS) is 11.1. The van der Waals surface area contributed by atoms with Crippen LogP contribution in [0.2, 0.25) is 0 Å². The van der Waals surface area contributed by atoms with E-state index in [0.29, 0.717) is 11.1 Å². The third-order valence-corrected chi connectivity index (χ3v) is 2.64. The zero-order chi connectivity index (χ0) is 12.3. The Morgan fingerprint density at radius 3 is 2.06 bits per heavy atom. The first-order chi connectivity index (χ1) is 8.15. The van der Waals surface area contributed by atoms with Crippen molar-refractivity contribution < 1.29 is 15.0 Å². The summed E-state index contributed by atoms with van der Waals surface area (Å²) in [7, 11) is 0. The highest BCUT2D eigenvalue weighted by atomic mass is 16.4. The zero-order valence-electron chi connectivity index (χ0n) is 9.00. The second kappa shape index (κ2) is 4.39. The third-order valence-electron chi connectivity index (χ3n) is 2.64. The molecule has 0 amide bonds. The number of hydrogen-bond donors (Lipinski definition) is 2. The maximum absolute atomic E-state index is 11.4. The fourth-order valence-corrected chi connectivity index (χ4v) is 1.72. The van der Waals surface area contributed by atoms with Gasteiger partial charge in [0.15, 0.2) is 0 Å². The van der Waals surface area contributed by atoms with Crippen LogP contribution in [0.1, 0.15) is 11.1 Å². The molecule has 0 aromatic heterocycles. The highest BCUT2D eigenvalue weighted by Crippen LogP contribution is 2.29.